The minimum Gasteiger partial charge on any atom is -0.348 e. The zero-order valence-corrected chi connectivity index (χ0v) is 14.4. The fourth-order valence-electron chi connectivity index (χ4n) is 2.75. The van der Waals surface area contributed by atoms with Gasteiger partial charge in [-0.2, -0.15) is 16.9 Å². The Labute approximate surface area is 143 Å². The van der Waals surface area contributed by atoms with Crippen LogP contribution in [0.15, 0.2) is 23.0 Å². The molecule has 0 saturated carbocycles. The van der Waals surface area contributed by atoms with Crippen LogP contribution in [0, 0.1) is 0 Å². The lowest BCUT2D eigenvalue weighted by atomic mass is 10.1. The molecule has 1 N–H and O–H groups in total. The van der Waals surface area contributed by atoms with Gasteiger partial charge in [-0.15, -0.1) is 0 Å². The van der Waals surface area contributed by atoms with Gasteiger partial charge in [-0.25, -0.2) is 0 Å². The van der Waals surface area contributed by atoms with Gasteiger partial charge >= 0.3 is 0 Å². The largest absolute Gasteiger partial charge is 0.348 e. The lowest BCUT2D eigenvalue weighted by molar-refractivity contribution is 0.0926. The van der Waals surface area contributed by atoms with Crippen LogP contribution in [0.3, 0.4) is 0 Å². The van der Waals surface area contributed by atoms with Crippen LogP contribution < -0.4 is 10.7 Å². The minimum absolute atomic E-state index is 0.0557. The molecule has 1 fully saturated rings. The maximum absolute atomic E-state index is 12.6. The number of carbonyl (C=O) groups excluding carboxylic acids is 1. The smallest absolute Gasteiger partial charge is 0.276 e. The van der Waals surface area contributed by atoms with Gasteiger partial charge in [0.1, 0.15) is 0 Å². The first-order valence-corrected chi connectivity index (χ1v) is 9.22. The van der Waals surface area contributed by atoms with E-state index in [1.165, 1.54) is 0 Å². The number of amides is 1. The number of nitrogens with one attached hydrogen (secondary N) is 1. The summed E-state index contributed by atoms with van der Waals surface area (Å²) < 4.78 is 1.67. The van der Waals surface area contributed by atoms with E-state index in [2.05, 4.69) is 10.4 Å². The highest BCUT2D eigenvalue weighted by atomic mass is 35.5. The molecular weight excluding hydrogens is 334 g/mol. The van der Waals surface area contributed by atoms with Gasteiger partial charge in [0.2, 0.25) is 5.43 Å². The van der Waals surface area contributed by atoms with E-state index in [9.17, 15) is 9.59 Å². The lowest BCUT2D eigenvalue weighted by Crippen LogP contribution is -2.40. The summed E-state index contributed by atoms with van der Waals surface area (Å²) >= 11 is 7.89. The fourth-order valence-corrected chi connectivity index (χ4v) is 4.03. The highest BCUT2D eigenvalue weighted by Gasteiger charge is 2.21. The highest BCUT2D eigenvalue weighted by Crippen LogP contribution is 2.18. The van der Waals surface area contributed by atoms with Gasteiger partial charge in [0.15, 0.2) is 5.69 Å². The summed E-state index contributed by atoms with van der Waals surface area (Å²) in [7, 11) is 0. The number of hydrogen-bond acceptors (Lipinski definition) is 4. The third kappa shape index (κ3) is 3.38. The number of thioether (sulfide) groups is 1. The number of aryl methyl sites for hydroxylation is 1. The Hall–Kier alpha value is -1.53. The molecule has 1 aromatic heterocycles. The standard InChI is InChI=1S/C16H18ClN3O2S/c1-2-20-13-4-3-10(17)9-12(13)15(21)14(19-20)16(22)18-11-5-7-23-8-6-11/h3-4,9,11H,2,5-8H2,1H3,(H,18,22). The summed E-state index contributed by atoms with van der Waals surface area (Å²) in [6.45, 7) is 2.49. The van der Waals surface area contributed by atoms with Crippen LogP contribution in [0.1, 0.15) is 30.3 Å². The molecule has 7 heteroatoms. The average molecular weight is 352 g/mol. The molecule has 122 valence electrons. The SMILES string of the molecule is CCn1nc(C(=O)NC2CCSCC2)c(=O)c2cc(Cl)ccc21. The predicted molar refractivity (Wildman–Crippen MR) is 94.5 cm³/mol. The molecule has 1 aromatic carbocycles. The molecule has 1 amide bonds. The van der Waals surface area contributed by atoms with Crippen molar-refractivity contribution >= 4 is 40.2 Å². The minimum atomic E-state index is -0.393. The van der Waals surface area contributed by atoms with E-state index in [1.807, 2.05) is 18.7 Å². The monoisotopic (exact) mass is 351 g/mol. The van der Waals surface area contributed by atoms with E-state index >= 15 is 0 Å². The molecule has 2 heterocycles. The van der Waals surface area contributed by atoms with Crippen molar-refractivity contribution in [1.82, 2.24) is 15.1 Å². The quantitative estimate of drug-likeness (QED) is 0.923. The van der Waals surface area contributed by atoms with Crippen molar-refractivity contribution in [2.45, 2.75) is 32.4 Å². The van der Waals surface area contributed by atoms with Crippen molar-refractivity contribution in [3.63, 3.8) is 0 Å². The first-order valence-electron chi connectivity index (χ1n) is 7.69. The first kappa shape index (κ1) is 16.3. The fraction of sp³-hybridized carbons (Fsp3) is 0.438. The van der Waals surface area contributed by atoms with E-state index in [-0.39, 0.29) is 17.2 Å². The van der Waals surface area contributed by atoms with E-state index in [0.29, 0.717) is 22.5 Å². The van der Waals surface area contributed by atoms with Crippen LogP contribution in [-0.2, 0) is 6.54 Å². The van der Waals surface area contributed by atoms with Gasteiger partial charge in [0, 0.05) is 17.6 Å². The van der Waals surface area contributed by atoms with Gasteiger partial charge in [0.25, 0.3) is 5.91 Å². The Balaban J connectivity index is 2.01. The second kappa shape index (κ2) is 6.93. The molecule has 1 aliphatic heterocycles. The van der Waals surface area contributed by atoms with Gasteiger partial charge in [-0.1, -0.05) is 11.6 Å². The lowest BCUT2D eigenvalue weighted by Gasteiger charge is -2.22. The Kier molecular flexibility index (Phi) is 4.92. The molecule has 3 rings (SSSR count). The summed E-state index contributed by atoms with van der Waals surface area (Å²) in [4.78, 5) is 25.1. The molecular formula is C16H18ClN3O2S. The van der Waals surface area contributed by atoms with Gasteiger partial charge < -0.3 is 5.32 Å². The Bertz CT molecular complexity index is 800. The van der Waals surface area contributed by atoms with Crippen molar-refractivity contribution in [2.75, 3.05) is 11.5 Å². The van der Waals surface area contributed by atoms with Gasteiger partial charge in [-0.3, -0.25) is 14.3 Å². The summed E-state index contributed by atoms with van der Waals surface area (Å²) in [5, 5.41) is 8.10. The molecule has 0 bridgehead atoms. The first-order chi connectivity index (χ1) is 11.1. The Morgan fingerprint density at radius 2 is 2.17 bits per heavy atom. The van der Waals surface area contributed by atoms with E-state index < -0.39 is 5.91 Å². The number of aromatic nitrogens is 2. The van der Waals surface area contributed by atoms with Crippen LogP contribution in [-0.4, -0.2) is 33.2 Å². The average Bonchev–Trinajstić information content (AvgIpc) is 2.56. The second-order valence-electron chi connectivity index (χ2n) is 5.52. The van der Waals surface area contributed by atoms with Crippen LogP contribution >= 0.6 is 23.4 Å². The zero-order valence-electron chi connectivity index (χ0n) is 12.8. The number of benzene rings is 1. The maximum atomic E-state index is 12.6. The molecule has 0 radical (unpaired) electrons. The third-order valence-corrected chi connectivity index (χ3v) is 5.27. The van der Waals surface area contributed by atoms with Crippen LogP contribution in [0.2, 0.25) is 5.02 Å². The van der Waals surface area contributed by atoms with Gasteiger partial charge in [-0.05, 0) is 49.5 Å². The van der Waals surface area contributed by atoms with Crippen LogP contribution in [0.25, 0.3) is 10.9 Å². The Morgan fingerprint density at radius 1 is 1.43 bits per heavy atom. The summed E-state index contributed by atoms with van der Waals surface area (Å²) in [6.07, 6.45) is 1.86. The zero-order chi connectivity index (χ0) is 16.4. The topological polar surface area (TPSA) is 64.0 Å². The molecule has 23 heavy (non-hydrogen) atoms. The molecule has 0 atom stereocenters. The van der Waals surface area contributed by atoms with Crippen molar-refractivity contribution in [3.8, 4) is 0 Å². The van der Waals surface area contributed by atoms with Crippen molar-refractivity contribution in [3.05, 3.63) is 39.1 Å². The summed E-state index contributed by atoms with van der Waals surface area (Å²) in [5.74, 6) is 1.67. The number of hydrogen-bond donors (Lipinski definition) is 1. The molecule has 0 unspecified atom stereocenters. The van der Waals surface area contributed by atoms with E-state index in [1.54, 1.807) is 22.9 Å². The molecule has 0 aliphatic carbocycles. The molecule has 1 aliphatic rings. The number of rotatable bonds is 3. The normalized spacial score (nSPS) is 15.7. The highest BCUT2D eigenvalue weighted by molar-refractivity contribution is 7.99. The predicted octanol–water partition coefficient (Wildman–Crippen LogP) is 2.70. The number of nitrogens with zero attached hydrogens (tertiary/aromatic N) is 2. The van der Waals surface area contributed by atoms with Crippen LogP contribution in [0.4, 0.5) is 0 Å². The van der Waals surface area contributed by atoms with Crippen molar-refractivity contribution in [1.29, 1.82) is 0 Å². The number of halogens is 1. The van der Waals surface area contributed by atoms with Crippen LogP contribution in [0.5, 0.6) is 0 Å². The van der Waals surface area contributed by atoms with Crippen molar-refractivity contribution in [2.24, 2.45) is 0 Å². The molecule has 5 nitrogen and oxygen atoms in total. The second-order valence-corrected chi connectivity index (χ2v) is 7.18. The number of carbonyl (C=O) groups is 1. The van der Waals surface area contributed by atoms with E-state index in [4.69, 9.17) is 11.6 Å². The molecule has 2 aromatic rings. The molecule has 1 saturated heterocycles. The van der Waals surface area contributed by atoms with E-state index in [0.717, 1.165) is 24.3 Å². The maximum Gasteiger partial charge on any atom is 0.276 e. The third-order valence-electron chi connectivity index (χ3n) is 3.99. The molecule has 0 spiro atoms. The Morgan fingerprint density at radius 3 is 2.87 bits per heavy atom. The number of fused-ring (bicyclic) bond motifs is 1. The van der Waals surface area contributed by atoms with Crippen molar-refractivity contribution < 1.29 is 4.79 Å². The summed E-state index contributed by atoms with van der Waals surface area (Å²) in [5.41, 5.74) is 0.266. The summed E-state index contributed by atoms with van der Waals surface area (Å²) in [6, 6.07) is 5.20. The van der Waals surface area contributed by atoms with Gasteiger partial charge in [0.05, 0.1) is 10.9 Å².